The maximum atomic E-state index is 12.9. The first-order valence-electron chi connectivity index (χ1n) is 7.00. The number of nitrogens with zero attached hydrogens (tertiary/aromatic N) is 2. The first-order chi connectivity index (χ1) is 9.97. The summed E-state index contributed by atoms with van der Waals surface area (Å²) in [6, 6.07) is 5.56. The van der Waals surface area contributed by atoms with Crippen LogP contribution in [-0.4, -0.2) is 55.0 Å². The Labute approximate surface area is 123 Å². The van der Waals surface area contributed by atoms with Gasteiger partial charge in [0.15, 0.2) is 0 Å². The van der Waals surface area contributed by atoms with Crippen molar-refractivity contribution in [2.45, 2.75) is 18.9 Å². The van der Waals surface area contributed by atoms with Crippen LogP contribution < -0.4 is 5.32 Å². The molecule has 2 rings (SSSR count). The Hall–Kier alpha value is -2.11. The fourth-order valence-corrected chi connectivity index (χ4v) is 2.31. The van der Waals surface area contributed by atoms with Crippen molar-refractivity contribution >= 4 is 11.9 Å². The van der Waals surface area contributed by atoms with Gasteiger partial charge in [-0.1, -0.05) is 0 Å². The Morgan fingerprint density at radius 1 is 1.19 bits per heavy atom. The molecule has 1 N–H and O–H groups in total. The van der Waals surface area contributed by atoms with E-state index in [4.69, 9.17) is 0 Å². The number of hydrogen-bond donors (Lipinski definition) is 1. The van der Waals surface area contributed by atoms with E-state index < -0.39 is 0 Å². The zero-order valence-electron chi connectivity index (χ0n) is 12.3. The van der Waals surface area contributed by atoms with Crippen molar-refractivity contribution in [1.82, 2.24) is 15.1 Å². The monoisotopic (exact) mass is 293 g/mol. The summed E-state index contributed by atoms with van der Waals surface area (Å²) < 4.78 is 12.9. The number of halogens is 1. The minimum absolute atomic E-state index is 0.0904. The molecule has 0 bridgehead atoms. The molecular weight excluding hydrogens is 273 g/mol. The smallest absolute Gasteiger partial charge is 0.317 e. The third kappa shape index (κ3) is 3.93. The van der Waals surface area contributed by atoms with Crippen LogP contribution in [0.4, 0.5) is 9.18 Å². The van der Waals surface area contributed by atoms with Crippen LogP contribution >= 0.6 is 0 Å². The van der Waals surface area contributed by atoms with E-state index in [1.807, 2.05) is 0 Å². The SMILES string of the molecule is CN(C)C(=O)NC1CCN(C(=O)c2ccc(F)cc2)CC1. The van der Waals surface area contributed by atoms with E-state index in [0.29, 0.717) is 18.7 Å². The molecule has 3 amide bonds. The van der Waals surface area contributed by atoms with E-state index in [1.165, 1.54) is 29.2 Å². The molecule has 1 saturated heterocycles. The molecule has 0 aliphatic carbocycles. The molecule has 0 unspecified atom stereocenters. The van der Waals surface area contributed by atoms with Gasteiger partial charge in [0.25, 0.3) is 5.91 Å². The summed E-state index contributed by atoms with van der Waals surface area (Å²) in [6.45, 7) is 1.18. The Kier molecular flexibility index (Phi) is 4.77. The van der Waals surface area contributed by atoms with Crippen LogP contribution in [0, 0.1) is 5.82 Å². The largest absolute Gasteiger partial charge is 0.338 e. The van der Waals surface area contributed by atoms with Gasteiger partial charge in [0.2, 0.25) is 0 Å². The number of carbonyl (C=O) groups is 2. The maximum absolute atomic E-state index is 12.9. The predicted octanol–water partition coefficient (Wildman–Crippen LogP) is 1.70. The van der Waals surface area contributed by atoms with Gasteiger partial charge in [-0.05, 0) is 37.1 Å². The number of benzene rings is 1. The standard InChI is InChI=1S/C15H20FN3O2/c1-18(2)15(21)17-13-7-9-19(10-8-13)14(20)11-3-5-12(16)6-4-11/h3-6,13H,7-10H2,1-2H3,(H,17,21). The highest BCUT2D eigenvalue weighted by atomic mass is 19.1. The summed E-state index contributed by atoms with van der Waals surface area (Å²) >= 11 is 0. The Bertz CT molecular complexity index is 508. The molecule has 0 aromatic heterocycles. The van der Waals surface area contributed by atoms with Crippen molar-refractivity contribution in [2.24, 2.45) is 0 Å². The summed E-state index contributed by atoms with van der Waals surface area (Å²) in [6.07, 6.45) is 1.46. The maximum Gasteiger partial charge on any atom is 0.317 e. The van der Waals surface area contributed by atoms with Gasteiger partial charge in [0, 0.05) is 38.8 Å². The minimum Gasteiger partial charge on any atom is -0.338 e. The second kappa shape index (κ2) is 6.56. The Morgan fingerprint density at radius 3 is 2.29 bits per heavy atom. The Balaban J connectivity index is 1.87. The molecule has 5 nitrogen and oxygen atoms in total. The summed E-state index contributed by atoms with van der Waals surface area (Å²) in [5, 5.41) is 2.92. The van der Waals surface area contributed by atoms with Crippen LogP contribution in [0.2, 0.25) is 0 Å². The fraction of sp³-hybridized carbons (Fsp3) is 0.467. The van der Waals surface area contributed by atoms with Crippen LogP contribution in [-0.2, 0) is 0 Å². The second-order valence-corrected chi connectivity index (χ2v) is 5.42. The van der Waals surface area contributed by atoms with Crippen LogP contribution in [0.5, 0.6) is 0 Å². The van der Waals surface area contributed by atoms with Gasteiger partial charge in [0.1, 0.15) is 5.82 Å². The van der Waals surface area contributed by atoms with E-state index >= 15 is 0 Å². The van der Waals surface area contributed by atoms with Gasteiger partial charge in [-0.2, -0.15) is 0 Å². The minimum atomic E-state index is -0.350. The lowest BCUT2D eigenvalue weighted by Gasteiger charge is -2.33. The van der Waals surface area contributed by atoms with Crippen molar-refractivity contribution in [3.63, 3.8) is 0 Å². The number of hydrogen-bond acceptors (Lipinski definition) is 2. The van der Waals surface area contributed by atoms with Crippen molar-refractivity contribution < 1.29 is 14.0 Å². The number of rotatable bonds is 2. The molecule has 1 aromatic carbocycles. The van der Waals surface area contributed by atoms with Crippen LogP contribution in [0.1, 0.15) is 23.2 Å². The van der Waals surface area contributed by atoms with Crippen molar-refractivity contribution in [2.75, 3.05) is 27.2 Å². The lowest BCUT2D eigenvalue weighted by molar-refractivity contribution is 0.0707. The average Bonchev–Trinajstić information content (AvgIpc) is 2.48. The fourth-order valence-electron chi connectivity index (χ4n) is 2.31. The summed E-state index contributed by atoms with van der Waals surface area (Å²) in [5.41, 5.74) is 0.493. The lowest BCUT2D eigenvalue weighted by atomic mass is 10.0. The zero-order valence-corrected chi connectivity index (χ0v) is 12.3. The molecule has 0 saturated carbocycles. The number of likely N-dealkylation sites (tertiary alicyclic amines) is 1. The molecule has 1 aromatic rings. The molecule has 1 aliphatic heterocycles. The average molecular weight is 293 g/mol. The predicted molar refractivity (Wildman–Crippen MR) is 77.5 cm³/mol. The van der Waals surface area contributed by atoms with E-state index in [1.54, 1.807) is 19.0 Å². The highest BCUT2D eigenvalue weighted by molar-refractivity contribution is 5.94. The molecule has 1 heterocycles. The molecule has 21 heavy (non-hydrogen) atoms. The van der Waals surface area contributed by atoms with Gasteiger partial charge >= 0.3 is 6.03 Å². The van der Waals surface area contributed by atoms with Gasteiger partial charge in [-0.25, -0.2) is 9.18 Å². The summed E-state index contributed by atoms with van der Waals surface area (Å²) in [7, 11) is 3.39. The van der Waals surface area contributed by atoms with Gasteiger partial charge in [-0.3, -0.25) is 4.79 Å². The van der Waals surface area contributed by atoms with E-state index in [0.717, 1.165) is 12.8 Å². The van der Waals surface area contributed by atoms with Gasteiger partial charge in [0.05, 0.1) is 0 Å². The van der Waals surface area contributed by atoms with Crippen LogP contribution in [0.3, 0.4) is 0 Å². The molecule has 0 radical (unpaired) electrons. The summed E-state index contributed by atoms with van der Waals surface area (Å²) in [5.74, 6) is -0.441. The molecule has 0 atom stereocenters. The molecule has 1 fully saturated rings. The Morgan fingerprint density at radius 2 is 1.76 bits per heavy atom. The van der Waals surface area contributed by atoms with E-state index in [9.17, 15) is 14.0 Å². The first kappa shape index (κ1) is 15.3. The highest BCUT2D eigenvalue weighted by Crippen LogP contribution is 2.14. The first-order valence-corrected chi connectivity index (χ1v) is 7.00. The summed E-state index contributed by atoms with van der Waals surface area (Å²) in [4.78, 5) is 27.1. The third-order valence-electron chi connectivity index (χ3n) is 3.61. The van der Waals surface area contributed by atoms with Crippen molar-refractivity contribution in [3.8, 4) is 0 Å². The van der Waals surface area contributed by atoms with Crippen molar-refractivity contribution in [1.29, 1.82) is 0 Å². The van der Waals surface area contributed by atoms with E-state index in [2.05, 4.69) is 5.32 Å². The topological polar surface area (TPSA) is 52.7 Å². The zero-order chi connectivity index (χ0) is 15.4. The highest BCUT2D eigenvalue weighted by Gasteiger charge is 2.24. The van der Waals surface area contributed by atoms with Crippen LogP contribution in [0.25, 0.3) is 0 Å². The van der Waals surface area contributed by atoms with Gasteiger partial charge < -0.3 is 15.1 Å². The number of nitrogens with one attached hydrogen (secondary N) is 1. The number of amides is 3. The second-order valence-electron chi connectivity index (χ2n) is 5.42. The third-order valence-corrected chi connectivity index (χ3v) is 3.61. The molecule has 1 aliphatic rings. The van der Waals surface area contributed by atoms with E-state index in [-0.39, 0.29) is 23.8 Å². The quantitative estimate of drug-likeness (QED) is 0.902. The van der Waals surface area contributed by atoms with Gasteiger partial charge in [-0.15, -0.1) is 0 Å². The number of carbonyl (C=O) groups excluding carboxylic acids is 2. The molecular formula is C15H20FN3O2. The number of piperidine rings is 1. The molecule has 6 heteroatoms. The molecule has 114 valence electrons. The lowest BCUT2D eigenvalue weighted by Crippen LogP contribution is -2.48. The normalized spacial score (nSPS) is 15.7. The van der Waals surface area contributed by atoms with Crippen LogP contribution in [0.15, 0.2) is 24.3 Å². The van der Waals surface area contributed by atoms with Crippen molar-refractivity contribution in [3.05, 3.63) is 35.6 Å². The number of urea groups is 1. The molecule has 0 spiro atoms.